The summed E-state index contributed by atoms with van der Waals surface area (Å²) in [7, 11) is 1.82. The third kappa shape index (κ3) is 5.11. The zero-order valence-corrected chi connectivity index (χ0v) is 19.0. The molecule has 3 aromatic rings. The Kier molecular flexibility index (Phi) is 7.32. The standard InChI is InChI=1S/C24H29N3O2S/c1-5-6-13-27-23(29)20-9-7-8-10-21(20)25-24(27)30-16-22(28)26(4)15-19-12-11-17(2)14-18(19)3/h7-12,14H,5-6,13,15-16H2,1-4H3. The maximum atomic E-state index is 13.0. The van der Waals surface area contributed by atoms with Crippen LogP contribution in [-0.4, -0.2) is 33.2 Å². The first-order valence-electron chi connectivity index (χ1n) is 10.3. The molecule has 0 unspecified atom stereocenters. The lowest BCUT2D eigenvalue weighted by Crippen LogP contribution is -2.29. The van der Waals surface area contributed by atoms with Crippen molar-refractivity contribution >= 4 is 28.6 Å². The first kappa shape index (κ1) is 22.1. The highest BCUT2D eigenvalue weighted by Gasteiger charge is 2.15. The van der Waals surface area contributed by atoms with E-state index in [9.17, 15) is 9.59 Å². The molecule has 0 atom stereocenters. The summed E-state index contributed by atoms with van der Waals surface area (Å²) in [5.41, 5.74) is 4.19. The molecule has 158 valence electrons. The van der Waals surface area contributed by atoms with E-state index in [0.29, 0.717) is 29.1 Å². The zero-order valence-electron chi connectivity index (χ0n) is 18.1. The number of fused-ring (bicyclic) bond motifs is 1. The van der Waals surface area contributed by atoms with Gasteiger partial charge in [-0.05, 0) is 43.5 Å². The lowest BCUT2D eigenvalue weighted by atomic mass is 10.1. The largest absolute Gasteiger partial charge is 0.341 e. The summed E-state index contributed by atoms with van der Waals surface area (Å²) >= 11 is 1.34. The fraction of sp³-hybridized carbons (Fsp3) is 0.375. The molecule has 0 N–H and O–H groups in total. The summed E-state index contributed by atoms with van der Waals surface area (Å²) in [5.74, 6) is 0.266. The molecule has 30 heavy (non-hydrogen) atoms. The van der Waals surface area contributed by atoms with Crippen molar-refractivity contribution in [2.45, 2.75) is 51.9 Å². The summed E-state index contributed by atoms with van der Waals surface area (Å²) in [6.07, 6.45) is 1.88. The third-order valence-corrected chi connectivity index (χ3v) is 6.18. The molecular formula is C24H29N3O2S. The van der Waals surface area contributed by atoms with E-state index in [1.54, 1.807) is 9.47 Å². The quantitative estimate of drug-likeness (QED) is 0.394. The summed E-state index contributed by atoms with van der Waals surface area (Å²) < 4.78 is 1.72. The number of rotatable bonds is 8. The van der Waals surface area contributed by atoms with Gasteiger partial charge in [-0.15, -0.1) is 0 Å². The number of para-hydroxylation sites is 1. The van der Waals surface area contributed by atoms with Crippen molar-refractivity contribution in [1.82, 2.24) is 14.5 Å². The van der Waals surface area contributed by atoms with E-state index < -0.39 is 0 Å². The van der Waals surface area contributed by atoms with Gasteiger partial charge in [0, 0.05) is 20.1 Å². The van der Waals surface area contributed by atoms with Crippen LogP contribution < -0.4 is 5.56 Å². The highest BCUT2D eigenvalue weighted by Crippen LogP contribution is 2.20. The third-order valence-electron chi connectivity index (χ3n) is 5.22. The van der Waals surface area contributed by atoms with Gasteiger partial charge in [0.1, 0.15) is 0 Å². The topological polar surface area (TPSA) is 55.2 Å². The number of thioether (sulfide) groups is 1. The van der Waals surface area contributed by atoms with E-state index in [1.165, 1.54) is 22.9 Å². The molecule has 0 fully saturated rings. The molecule has 6 heteroatoms. The van der Waals surface area contributed by atoms with Crippen LogP contribution in [0.2, 0.25) is 0 Å². The van der Waals surface area contributed by atoms with E-state index in [2.05, 4.69) is 44.0 Å². The highest BCUT2D eigenvalue weighted by molar-refractivity contribution is 7.99. The predicted octanol–water partition coefficient (Wildman–Crippen LogP) is 4.56. The molecule has 0 aliphatic carbocycles. The fourth-order valence-corrected chi connectivity index (χ4v) is 4.34. The van der Waals surface area contributed by atoms with E-state index in [-0.39, 0.29) is 17.2 Å². The molecule has 0 spiro atoms. The molecule has 0 radical (unpaired) electrons. The predicted molar refractivity (Wildman–Crippen MR) is 124 cm³/mol. The average Bonchev–Trinajstić information content (AvgIpc) is 2.73. The van der Waals surface area contributed by atoms with Crippen molar-refractivity contribution in [3.63, 3.8) is 0 Å². The van der Waals surface area contributed by atoms with Gasteiger partial charge in [-0.2, -0.15) is 0 Å². The Balaban J connectivity index is 1.76. The van der Waals surface area contributed by atoms with E-state index in [0.717, 1.165) is 18.4 Å². The Hall–Kier alpha value is -2.60. The number of carbonyl (C=O) groups is 1. The second-order valence-electron chi connectivity index (χ2n) is 7.69. The Morgan fingerprint density at radius 3 is 2.67 bits per heavy atom. The van der Waals surface area contributed by atoms with Crippen LogP contribution in [0.15, 0.2) is 52.4 Å². The maximum Gasteiger partial charge on any atom is 0.262 e. The molecule has 0 saturated carbocycles. The number of amides is 1. The number of hydrogen-bond donors (Lipinski definition) is 0. The van der Waals surface area contributed by atoms with Crippen LogP contribution in [-0.2, 0) is 17.9 Å². The molecule has 0 aliphatic rings. The normalized spacial score (nSPS) is 11.1. The minimum atomic E-state index is -0.0346. The zero-order chi connectivity index (χ0) is 21.7. The Labute approximate surface area is 182 Å². The fourth-order valence-electron chi connectivity index (χ4n) is 3.37. The van der Waals surface area contributed by atoms with Gasteiger partial charge in [0.2, 0.25) is 5.91 Å². The van der Waals surface area contributed by atoms with Gasteiger partial charge in [0.15, 0.2) is 5.16 Å². The van der Waals surface area contributed by atoms with Crippen LogP contribution in [0.3, 0.4) is 0 Å². The number of aryl methyl sites for hydroxylation is 2. The molecule has 5 nitrogen and oxygen atoms in total. The molecule has 0 saturated heterocycles. The number of benzene rings is 2. The van der Waals surface area contributed by atoms with Crippen LogP contribution >= 0.6 is 11.8 Å². The number of nitrogens with zero attached hydrogens (tertiary/aromatic N) is 3. The average molecular weight is 424 g/mol. The minimum Gasteiger partial charge on any atom is -0.341 e. The van der Waals surface area contributed by atoms with Gasteiger partial charge in [-0.25, -0.2) is 4.98 Å². The SMILES string of the molecule is CCCCn1c(SCC(=O)N(C)Cc2ccc(C)cc2C)nc2ccccc2c1=O. The van der Waals surface area contributed by atoms with Gasteiger partial charge >= 0.3 is 0 Å². The van der Waals surface area contributed by atoms with Crippen molar-refractivity contribution < 1.29 is 4.79 Å². The lowest BCUT2D eigenvalue weighted by Gasteiger charge is -2.19. The first-order chi connectivity index (χ1) is 14.4. The number of aromatic nitrogens is 2. The van der Waals surface area contributed by atoms with E-state index >= 15 is 0 Å². The van der Waals surface area contributed by atoms with Gasteiger partial charge in [-0.1, -0.05) is 61.0 Å². The molecule has 1 aromatic heterocycles. The smallest absolute Gasteiger partial charge is 0.262 e. The monoisotopic (exact) mass is 423 g/mol. The summed E-state index contributed by atoms with van der Waals surface area (Å²) in [6, 6.07) is 13.7. The van der Waals surface area contributed by atoms with Gasteiger partial charge in [-0.3, -0.25) is 14.2 Å². The number of unbranched alkanes of at least 4 members (excludes halogenated alkanes) is 1. The first-order valence-corrected chi connectivity index (χ1v) is 11.3. The lowest BCUT2D eigenvalue weighted by molar-refractivity contribution is -0.127. The van der Waals surface area contributed by atoms with Crippen LogP contribution in [0.4, 0.5) is 0 Å². The van der Waals surface area contributed by atoms with Crippen LogP contribution in [0.1, 0.15) is 36.5 Å². The highest BCUT2D eigenvalue weighted by atomic mass is 32.2. The summed E-state index contributed by atoms with van der Waals surface area (Å²) in [4.78, 5) is 32.1. The summed E-state index contributed by atoms with van der Waals surface area (Å²) in [6.45, 7) is 7.41. The van der Waals surface area contributed by atoms with Crippen molar-refractivity contribution in [1.29, 1.82) is 0 Å². The van der Waals surface area contributed by atoms with E-state index in [1.807, 2.05) is 31.3 Å². The molecule has 1 heterocycles. The second kappa shape index (κ2) is 9.94. The van der Waals surface area contributed by atoms with Crippen LogP contribution in [0.5, 0.6) is 0 Å². The van der Waals surface area contributed by atoms with Gasteiger partial charge in [0.05, 0.1) is 16.7 Å². The van der Waals surface area contributed by atoms with Crippen LogP contribution in [0.25, 0.3) is 10.9 Å². The molecule has 0 aliphatic heterocycles. The summed E-state index contributed by atoms with van der Waals surface area (Å²) in [5, 5.41) is 1.23. The van der Waals surface area contributed by atoms with Gasteiger partial charge < -0.3 is 4.90 Å². The van der Waals surface area contributed by atoms with Crippen molar-refractivity contribution in [3.8, 4) is 0 Å². The molecule has 2 aromatic carbocycles. The van der Waals surface area contributed by atoms with E-state index in [4.69, 9.17) is 0 Å². The second-order valence-corrected chi connectivity index (χ2v) is 8.63. The Morgan fingerprint density at radius 2 is 1.93 bits per heavy atom. The maximum absolute atomic E-state index is 13.0. The van der Waals surface area contributed by atoms with Crippen molar-refractivity contribution in [2.75, 3.05) is 12.8 Å². The van der Waals surface area contributed by atoms with Crippen molar-refractivity contribution in [3.05, 3.63) is 69.5 Å². The molecule has 1 amide bonds. The molecule has 0 bridgehead atoms. The minimum absolute atomic E-state index is 0.0180. The molecule has 3 rings (SSSR count). The van der Waals surface area contributed by atoms with Gasteiger partial charge in [0.25, 0.3) is 5.56 Å². The Morgan fingerprint density at radius 1 is 1.17 bits per heavy atom. The number of hydrogen-bond acceptors (Lipinski definition) is 4. The number of carbonyl (C=O) groups excluding carboxylic acids is 1. The van der Waals surface area contributed by atoms with Crippen LogP contribution in [0, 0.1) is 13.8 Å². The Bertz CT molecular complexity index is 1110. The van der Waals surface area contributed by atoms with Crippen molar-refractivity contribution in [2.24, 2.45) is 0 Å². The molecular weight excluding hydrogens is 394 g/mol.